The molecule has 0 bridgehead atoms. The van der Waals surface area contributed by atoms with Gasteiger partial charge in [-0.2, -0.15) is 11.3 Å². The van der Waals surface area contributed by atoms with Crippen molar-refractivity contribution in [1.82, 2.24) is 0 Å². The molecule has 1 atom stereocenters. The summed E-state index contributed by atoms with van der Waals surface area (Å²) in [6, 6.07) is 5.86. The highest BCUT2D eigenvalue weighted by atomic mass is 79.9. The molecule has 0 spiro atoms. The van der Waals surface area contributed by atoms with Gasteiger partial charge in [0, 0.05) is 15.9 Å². The van der Waals surface area contributed by atoms with E-state index in [9.17, 15) is 0 Å². The van der Waals surface area contributed by atoms with Crippen LogP contribution in [0.4, 0.5) is 0 Å². The van der Waals surface area contributed by atoms with Gasteiger partial charge in [-0.1, -0.05) is 6.07 Å². The molecule has 0 saturated heterocycles. The molecule has 1 unspecified atom stereocenters. The van der Waals surface area contributed by atoms with Crippen molar-refractivity contribution >= 4 is 27.3 Å². The maximum Gasteiger partial charge on any atom is 0.160 e. The molecule has 1 aromatic carbocycles. The van der Waals surface area contributed by atoms with Gasteiger partial charge < -0.3 is 15.2 Å². The van der Waals surface area contributed by atoms with E-state index < -0.39 is 0 Å². The number of thiophene rings is 1. The van der Waals surface area contributed by atoms with Crippen molar-refractivity contribution in [2.45, 2.75) is 12.5 Å². The van der Waals surface area contributed by atoms with E-state index in [4.69, 9.17) is 15.2 Å². The largest absolute Gasteiger partial charge is 0.493 e. The average molecular weight is 342 g/mol. The third-order valence-corrected chi connectivity index (χ3v) is 4.70. The number of hydrogen-bond donors (Lipinski definition) is 1. The molecule has 1 heterocycles. The lowest BCUT2D eigenvalue weighted by Crippen LogP contribution is -2.13. The summed E-state index contributed by atoms with van der Waals surface area (Å²) in [7, 11) is 3.27. The molecule has 0 amide bonds. The second kappa shape index (κ2) is 6.41. The van der Waals surface area contributed by atoms with Crippen molar-refractivity contribution in [3.8, 4) is 11.5 Å². The highest BCUT2D eigenvalue weighted by molar-refractivity contribution is 9.10. The fourth-order valence-electron chi connectivity index (χ4n) is 1.93. The van der Waals surface area contributed by atoms with Crippen molar-refractivity contribution in [3.05, 3.63) is 44.6 Å². The van der Waals surface area contributed by atoms with E-state index >= 15 is 0 Å². The van der Waals surface area contributed by atoms with E-state index in [1.54, 1.807) is 25.6 Å². The van der Waals surface area contributed by atoms with Crippen molar-refractivity contribution < 1.29 is 9.47 Å². The van der Waals surface area contributed by atoms with Crippen LogP contribution in [0.15, 0.2) is 33.4 Å². The van der Waals surface area contributed by atoms with Crippen LogP contribution in [0.3, 0.4) is 0 Å². The van der Waals surface area contributed by atoms with Crippen LogP contribution in [0.25, 0.3) is 0 Å². The summed E-state index contributed by atoms with van der Waals surface area (Å²) >= 11 is 5.16. The smallest absolute Gasteiger partial charge is 0.160 e. The van der Waals surface area contributed by atoms with Crippen molar-refractivity contribution in [2.24, 2.45) is 5.73 Å². The van der Waals surface area contributed by atoms with Crippen molar-refractivity contribution in [3.63, 3.8) is 0 Å². The van der Waals surface area contributed by atoms with Crippen LogP contribution in [-0.2, 0) is 6.42 Å². The Hall–Kier alpha value is -1.04. The zero-order valence-corrected chi connectivity index (χ0v) is 13.3. The summed E-state index contributed by atoms with van der Waals surface area (Å²) in [5, 5.41) is 4.12. The van der Waals surface area contributed by atoms with Gasteiger partial charge in [0.2, 0.25) is 0 Å². The molecule has 2 aromatic rings. The van der Waals surface area contributed by atoms with Gasteiger partial charge in [-0.15, -0.1) is 0 Å². The molecule has 0 aliphatic rings. The maximum absolute atomic E-state index is 6.24. The van der Waals surface area contributed by atoms with Gasteiger partial charge in [-0.25, -0.2) is 0 Å². The molecule has 0 fully saturated rings. The zero-order valence-electron chi connectivity index (χ0n) is 10.9. The number of halogens is 1. The van der Waals surface area contributed by atoms with Gasteiger partial charge >= 0.3 is 0 Å². The lowest BCUT2D eigenvalue weighted by molar-refractivity contribution is 0.354. The fraction of sp³-hybridized carbons (Fsp3) is 0.286. The molecule has 5 heteroatoms. The van der Waals surface area contributed by atoms with Crippen molar-refractivity contribution in [2.75, 3.05) is 14.2 Å². The Bertz CT molecular complexity index is 556. The third-order valence-electron chi connectivity index (χ3n) is 2.95. The summed E-state index contributed by atoms with van der Waals surface area (Å²) in [4.78, 5) is 0. The summed E-state index contributed by atoms with van der Waals surface area (Å²) in [5.41, 5.74) is 8.51. The summed E-state index contributed by atoms with van der Waals surface area (Å²) in [5.74, 6) is 1.47. The average Bonchev–Trinajstić information content (AvgIpc) is 2.85. The molecule has 19 heavy (non-hydrogen) atoms. The molecular weight excluding hydrogens is 326 g/mol. The van der Waals surface area contributed by atoms with Crippen LogP contribution in [-0.4, -0.2) is 14.2 Å². The fourth-order valence-corrected chi connectivity index (χ4v) is 3.58. The standard InChI is InChI=1S/C14H16BrNO2S/c1-17-13-4-3-9(6-14(13)18-2)5-12(16)10-7-19-8-11(10)15/h3-4,6-8,12H,5,16H2,1-2H3. The van der Waals surface area contributed by atoms with Crippen LogP contribution in [0.5, 0.6) is 11.5 Å². The Morgan fingerprint density at radius 2 is 1.95 bits per heavy atom. The molecule has 0 saturated carbocycles. The summed E-state index contributed by atoms with van der Waals surface area (Å²) in [6.45, 7) is 0. The first-order chi connectivity index (χ1) is 9.15. The maximum atomic E-state index is 6.24. The van der Waals surface area contributed by atoms with E-state index in [1.807, 2.05) is 23.6 Å². The number of methoxy groups -OCH3 is 2. The van der Waals surface area contributed by atoms with E-state index in [0.29, 0.717) is 0 Å². The van der Waals surface area contributed by atoms with E-state index in [-0.39, 0.29) is 6.04 Å². The predicted octanol–water partition coefficient (Wildman–Crippen LogP) is 3.77. The quantitative estimate of drug-likeness (QED) is 0.900. The minimum absolute atomic E-state index is 0.0290. The lowest BCUT2D eigenvalue weighted by Gasteiger charge is -2.13. The van der Waals surface area contributed by atoms with Gasteiger partial charge in [-0.3, -0.25) is 0 Å². The lowest BCUT2D eigenvalue weighted by atomic mass is 10.0. The number of ether oxygens (including phenoxy) is 2. The monoisotopic (exact) mass is 341 g/mol. The SMILES string of the molecule is COc1ccc(CC(N)c2cscc2Br)cc1OC. The van der Waals surface area contributed by atoms with Crippen LogP contribution >= 0.6 is 27.3 Å². The Kier molecular flexibility index (Phi) is 4.85. The predicted molar refractivity (Wildman–Crippen MR) is 82.2 cm³/mol. The van der Waals surface area contributed by atoms with Gasteiger partial charge in [0.1, 0.15) is 0 Å². The first-order valence-electron chi connectivity index (χ1n) is 5.83. The molecule has 3 nitrogen and oxygen atoms in total. The van der Waals surface area contributed by atoms with E-state index in [0.717, 1.165) is 33.5 Å². The third kappa shape index (κ3) is 3.29. The van der Waals surface area contributed by atoms with Gasteiger partial charge in [0.25, 0.3) is 0 Å². The molecule has 0 aliphatic heterocycles. The first-order valence-corrected chi connectivity index (χ1v) is 7.57. The topological polar surface area (TPSA) is 44.5 Å². The Morgan fingerprint density at radius 1 is 1.21 bits per heavy atom. The molecule has 2 rings (SSSR count). The number of benzene rings is 1. The van der Waals surface area contributed by atoms with Crippen LogP contribution in [0.1, 0.15) is 17.2 Å². The van der Waals surface area contributed by atoms with Crippen molar-refractivity contribution in [1.29, 1.82) is 0 Å². The number of rotatable bonds is 5. The minimum atomic E-state index is -0.0290. The minimum Gasteiger partial charge on any atom is -0.493 e. The summed E-state index contributed by atoms with van der Waals surface area (Å²) < 4.78 is 11.6. The molecular formula is C14H16BrNO2S. The second-order valence-corrected chi connectivity index (χ2v) is 5.77. The molecule has 102 valence electrons. The van der Waals surface area contributed by atoms with Gasteiger partial charge in [-0.05, 0) is 51.0 Å². The van der Waals surface area contributed by atoms with E-state index in [1.165, 1.54) is 0 Å². The number of hydrogen-bond acceptors (Lipinski definition) is 4. The Balaban J connectivity index is 2.17. The highest BCUT2D eigenvalue weighted by Gasteiger charge is 2.13. The van der Waals surface area contributed by atoms with Crippen LogP contribution in [0, 0.1) is 0 Å². The first kappa shape index (κ1) is 14.4. The Morgan fingerprint density at radius 3 is 2.53 bits per heavy atom. The molecule has 1 aromatic heterocycles. The molecule has 0 radical (unpaired) electrons. The van der Waals surface area contributed by atoms with Crippen LogP contribution < -0.4 is 15.2 Å². The number of nitrogens with two attached hydrogens (primary N) is 1. The highest BCUT2D eigenvalue weighted by Crippen LogP contribution is 2.31. The zero-order chi connectivity index (χ0) is 13.8. The second-order valence-electron chi connectivity index (χ2n) is 4.18. The summed E-state index contributed by atoms with van der Waals surface area (Å²) in [6.07, 6.45) is 0.760. The molecule has 2 N–H and O–H groups in total. The molecule has 0 aliphatic carbocycles. The van der Waals surface area contributed by atoms with Crippen LogP contribution in [0.2, 0.25) is 0 Å². The Labute approximate surface area is 125 Å². The van der Waals surface area contributed by atoms with Gasteiger partial charge in [0.05, 0.1) is 14.2 Å². The van der Waals surface area contributed by atoms with E-state index in [2.05, 4.69) is 21.3 Å². The van der Waals surface area contributed by atoms with Gasteiger partial charge in [0.15, 0.2) is 11.5 Å². The normalized spacial score (nSPS) is 12.2.